The Morgan fingerprint density at radius 3 is 1.45 bits per heavy atom. The van der Waals surface area contributed by atoms with Gasteiger partial charge in [-0.25, -0.2) is 0 Å². The lowest BCUT2D eigenvalue weighted by atomic mass is 10.1. The molecular weight excluding hydrogens is 659 g/mol. The second kappa shape index (κ2) is 42.8. The van der Waals surface area contributed by atoms with Crippen molar-refractivity contribution in [2.24, 2.45) is 0 Å². The van der Waals surface area contributed by atoms with Crippen molar-refractivity contribution in [3.8, 4) is 0 Å². The predicted molar refractivity (Wildman–Crippen MR) is 227 cm³/mol. The fourth-order valence-electron chi connectivity index (χ4n) is 6.60. The lowest BCUT2D eigenvalue weighted by Gasteiger charge is -2.20. The number of allylic oxidation sites excluding steroid dienone is 5. The number of esters is 1. The first-order valence-corrected chi connectivity index (χ1v) is 22.8. The number of amides is 1. The highest BCUT2D eigenvalue weighted by molar-refractivity contribution is 5.76. The van der Waals surface area contributed by atoms with E-state index in [9.17, 15) is 19.8 Å². The largest absolute Gasteiger partial charge is 0.466 e. The van der Waals surface area contributed by atoms with Crippen LogP contribution in [0.5, 0.6) is 0 Å². The van der Waals surface area contributed by atoms with Gasteiger partial charge < -0.3 is 20.3 Å². The molecule has 2 unspecified atom stereocenters. The SMILES string of the molecule is CCCCCC/C=C\C/C=C\CCCCCCCCCC(=O)OCCCCCCCCCCCC(=O)NC(CO)C(O)/C=C/CCCCCCCCC. The number of hydrogen-bond acceptors (Lipinski definition) is 5. The molecule has 53 heavy (non-hydrogen) atoms. The molecule has 0 aromatic rings. The third-order valence-electron chi connectivity index (χ3n) is 10.2. The summed E-state index contributed by atoms with van der Waals surface area (Å²) in [7, 11) is 0. The Hall–Kier alpha value is -1.92. The number of unbranched alkanes of at least 4 members (excludes halogenated alkanes) is 26. The van der Waals surface area contributed by atoms with Crippen LogP contribution in [0, 0.1) is 0 Å². The van der Waals surface area contributed by atoms with Gasteiger partial charge in [-0.2, -0.15) is 0 Å². The van der Waals surface area contributed by atoms with E-state index in [1.54, 1.807) is 6.08 Å². The summed E-state index contributed by atoms with van der Waals surface area (Å²) in [5, 5.41) is 22.8. The molecule has 0 heterocycles. The van der Waals surface area contributed by atoms with Gasteiger partial charge in [0.2, 0.25) is 5.91 Å². The van der Waals surface area contributed by atoms with Gasteiger partial charge in [-0.3, -0.25) is 9.59 Å². The normalized spacial score (nSPS) is 13.1. The number of ether oxygens (including phenoxy) is 1. The Morgan fingerprint density at radius 2 is 0.943 bits per heavy atom. The highest BCUT2D eigenvalue weighted by Crippen LogP contribution is 2.14. The van der Waals surface area contributed by atoms with Crippen LogP contribution < -0.4 is 5.32 Å². The first-order valence-electron chi connectivity index (χ1n) is 22.8. The molecule has 0 saturated carbocycles. The number of hydrogen-bond donors (Lipinski definition) is 3. The van der Waals surface area contributed by atoms with Crippen molar-refractivity contribution in [3.05, 3.63) is 36.5 Å². The number of aliphatic hydroxyl groups excluding tert-OH is 2. The van der Waals surface area contributed by atoms with Crippen LogP contribution in [0.3, 0.4) is 0 Å². The number of aliphatic hydroxyl groups is 2. The second-order valence-corrected chi connectivity index (χ2v) is 15.4. The number of carbonyl (C=O) groups excluding carboxylic acids is 2. The van der Waals surface area contributed by atoms with Crippen LogP contribution in [0.1, 0.15) is 226 Å². The minimum absolute atomic E-state index is 0.0363. The maximum atomic E-state index is 12.3. The Morgan fingerprint density at radius 1 is 0.528 bits per heavy atom. The van der Waals surface area contributed by atoms with Crippen molar-refractivity contribution in [2.75, 3.05) is 13.2 Å². The van der Waals surface area contributed by atoms with Crippen molar-refractivity contribution in [2.45, 2.75) is 238 Å². The van der Waals surface area contributed by atoms with E-state index in [-0.39, 0.29) is 18.5 Å². The number of nitrogens with one attached hydrogen (secondary N) is 1. The Labute approximate surface area is 328 Å². The lowest BCUT2D eigenvalue weighted by Crippen LogP contribution is -2.45. The summed E-state index contributed by atoms with van der Waals surface area (Å²) in [6.07, 6.45) is 49.9. The second-order valence-electron chi connectivity index (χ2n) is 15.4. The smallest absolute Gasteiger partial charge is 0.305 e. The van der Waals surface area contributed by atoms with Gasteiger partial charge in [-0.05, 0) is 64.2 Å². The quantitative estimate of drug-likeness (QED) is 0.0329. The third kappa shape index (κ3) is 39.6. The summed E-state index contributed by atoms with van der Waals surface area (Å²) in [5.74, 6) is -0.137. The monoisotopic (exact) mass is 746 g/mol. The van der Waals surface area contributed by atoms with E-state index in [0.29, 0.717) is 19.4 Å². The van der Waals surface area contributed by atoms with Crippen molar-refractivity contribution < 1.29 is 24.5 Å². The lowest BCUT2D eigenvalue weighted by molar-refractivity contribution is -0.143. The zero-order chi connectivity index (χ0) is 38.7. The van der Waals surface area contributed by atoms with Crippen LogP contribution in [-0.4, -0.2) is 47.4 Å². The van der Waals surface area contributed by atoms with Crippen LogP contribution in [0.25, 0.3) is 0 Å². The van der Waals surface area contributed by atoms with E-state index in [2.05, 4.69) is 43.5 Å². The molecule has 0 aliphatic rings. The summed E-state index contributed by atoms with van der Waals surface area (Å²) >= 11 is 0. The molecule has 0 radical (unpaired) electrons. The summed E-state index contributed by atoms with van der Waals surface area (Å²) in [6, 6.07) is -0.646. The van der Waals surface area contributed by atoms with Gasteiger partial charge in [-0.15, -0.1) is 0 Å². The average molecular weight is 746 g/mol. The zero-order valence-electron chi connectivity index (χ0n) is 35.0. The molecule has 0 aromatic heterocycles. The molecule has 3 N–H and O–H groups in total. The Balaban J connectivity index is 3.51. The van der Waals surface area contributed by atoms with E-state index in [4.69, 9.17) is 4.74 Å². The van der Waals surface area contributed by atoms with Crippen LogP contribution in [0.15, 0.2) is 36.5 Å². The van der Waals surface area contributed by atoms with Gasteiger partial charge in [0, 0.05) is 12.8 Å². The molecule has 0 spiro atoms. The van der Waals surface area contributed by atoms with Gasteiger partial charge >= 0.3 is 5.97 Å². The minimum atomic E-state index is -0.860. The van der Waals surface area contributed by atoms with Gasteiger partial charge in [-0.1, -0.05) is 185 Å². The summed E-state index contributed by atoms with van der Waals surface area (Å²) in [4.78, 5) is 24.4. The molecule has 310 valence electrons. The van der Waals surface area contributed by atoms with Gasteiger partial charge in [0.25, 0.3) is 0 Å². The molecule has 0 rings (SSSR count). The van der Waals surface area contributed by atoms with E-state index < -0.39 is 12.1 Å². The van der Waals surface area contributed by atoms with Crippen LogP contribution in [-0.2, 0) is 14.3 Å². The van der Waals surface area contributed by atoms with E-state index in [1.165, 1.54) is 135 Å². The molecule has 0 aromatic carbocycles. The first kappa shape index (κ1) is 51.1. The van der Waals surface area contributed by atoms with Crippen molar-refractivity contribution >= 4 is 11.9 Å². The Bertz CT molecular complexity index is 869. The molecule has 2 atom stereocenters. The molecule has 1 amide bonds. The number of carbonyl (C=O) groups is 2. The molecule has 0 aliphatic carbocycles. The summed E-state index contributed by atoms with van der Waals surface area (Å²) < 4.78 is 5.44. The summed E-state index contributed by atoms with van der Waals surface area (Å²) in [5.41, 5.74) is 0. The highest BCUT2D eigenvalue weighted by Gasteiger charge is 2.18. The molecule has 0 aliphatic heterocycles. The van der Waals surface area contributed by atoms with E-state index in [0.717, 1.165) is 64.2 Å². The van der Waals surface area contributed by atoms with Crippen LogP contribution >= 0.6 is 0 Å². The summed E-state index contributed by atoms with van der Waals surface area (Å²) in [6.45, 7) is 4.77. The van der Waals surface area contributed by atoms with Gasteiger partial charge in [0.1, 0.15) is 0 Å². The molecule has 6 nitrogen and oxygen atoms in total. The standard InChI is InChI=1S/C47H87NO5/c1-3-5-7-9-11-13-14-15-16-17-18-19-20-21-25-29-33-37-41-47(52)53-42-38-34-30-26-22-24-28-32-36-40-46(51)48-44(43-49)45(50)39-35-31-27-23-12-10-8-6-4-2/h13-14,16-17,35,39,44-45,49-50H,3-12,15,18-34,36-38,40-43H2,1-2H3,(H,48,51)/b14-13-,17-16-,39-35+. The molecule has 0 saturated heterocycles. The number of rotatable bonds is 41. The molecule has 0 fully saturated rings. The van der Waals surface area contributed by atoms with Crippen LogP contribution in [0.2, 0.25) is 0 Å². The first-order chi connectivity index (χ1) is 26.0. The molecule has 6 heteroatoms. The van der Waals surface area contributed by atoms with E-state index >= 15 is 0 Å². The van der Waals surface area contributed by atoms with Crippen molar-refractivity contribution in [1.29, 1.82) is 0 Å². The minimum Gasteiger partial charge on any atom is -0.466 e. The van der Waals surface area contributed by atoms with Gasteiger partial charge in [0.05, 0.1) is 25.4 Å². The fourth-order valence-corrected chi connectivity index (χ4v) is 6.60. The zero-order valence-corrected chi connectivity index (χ0v) is 35.0. The van der Waals surface area contributed by atoms with Crippen LogP contribution in [0.4, 0.5) is 0 Å². The highest BCUT2D eigenvalue weighted by atomic mass is 16.5. The predicted octanol–water partition coefficient (Wildman–Crippen LogP) is 12.9. The third-order valence-corrected chi connectivity index (χ3v) is 10.2. The average Bonchev–Trinajstić information content (AvgIpc) is 3.16. The van der Waals surface area contributed by atoms with E-state index in [1.807, 2.05) is 6.08 Å². The molecular formula is C47H87NO5. The van der Waals surface area contributed by atoms with Crippen molar-refractivity contribution in [1.82, 2.24) is 5.32 Å². The van der Waals surface area contributed by atoms with Crippen molar-refractivity contribution in [3.63, 3.8) is 0 Å². The maximum Gasteiger partial charge on any atom is 0.305 e. The fraction of sp³-hybridized carbons (Fsp3) is 0.830. The van der Waals surface area contributed by atoms with Gasteiger partial charge in [0.15, 0.2) is 0 Å². The topological polar surface area (TPSA) is 95.9 Å². The molecule has 0 bridgehead atoms. The maximum absolute atomic E-state index is 12.3. The Kier molecular flexibility index (Phi) is 41.3.